The van der Waals surface area contributed by atoms with Gasteiger partial charge in [0.15, 0.2) is 0 Å². The molecule has 5 heteroatoms. The topological polar surface area (TPSA) is 67.4 Å². The summed E-state index contributed by atoms with van der Waals surface area (Å²) in [6.07, 6.45) is 6.05. The van der Waals surface area contributed by atoms with Gasteiger partial charge in [-0.25, -0.2) is 0 Å². The van der Waals surface area contributed by atoms with Gasteiger partial charge in [-0.1, -0.05) is 43.2 Å². The van der Waals surface area contributed by atoms with E-state index in [4.69, 9.17) is 4.74 Å². The SMILES string of the molecule is CCO[C@H](CCNC(=O)CNC(=O)c1ccc2ccccc2c1)C1CCCC1. The second kappa shape index (κ2) is 10.2. The average Bonchev–Trinajstić information content (AvgIpc) is 3.25. The lowest BCUT2D eigenvalue weighted by molar-refractivity contribution is -0.120. The second-order valence-corrected chi connectivity index (χ2v) is 7.42. The summed E-state index contributed by atoms with van der Waals surface area (Å²) in [6.45, 7) is 3.28. The number of fused-ring (bicyclic) bond motifs is 1. The van der Waals surface area contributed by atoms with Crippen LogP contribution < -0.4 is 10.6 Å². The van der Waals surface area contributed by atoms with Gasteiger partial charge in [0, 0.05) is 18.7 Å². The lowest BCUT2D eigenvalue weighted by Crippen LogP contribution is -2.38. The molecule has 3 rings (SSSR count). The number of carbonyl (C=O) groups is 2. The molecule has 5 nitrogen and oxygen atoms in total. The van der Waals surface area contributed by atoms with Gasteiger partial charge in [-0.3, -0.25) is 9.59 Å². The largest absolute Gasteiger partial charge is 0.378 e. The number of hydrogen-bond acceptors (Lipinski definition) is 3. The van der Waals surface area contributed by atoms with Crippen LogP contribution in [0.5, 0.6) is 0 Å². The number of hydrogen-bond donors (Lipinski definition) is 2. The van der Waals surface area contributed by atoms with Crippen molar-refractivity contribution in [3.8, 4) is 0 Å². The molecular weight excluding hydrogens is 352 g/mol. The molecule has 150 valence electrons. The summed E-state index contributed by atoms with van der Waals surface area (Å²) >= 11 is 0. The van der Waals surface area contributed by atoms with Crippen molar-refractivity contribution in [2.45, 2.75) is 45.1 Å². The zero-order chi connectivity index (χ0) is 19.8. The molecule has 2 aromatic rings. The van der Waals surface area contributed by atoms with Gasteiger partial charge >= 0.3 is 0 Å². The highest BCUT2D eigenvalue weighted by Crippen LogP contribution is 2.30. The van der Waals surface area contributed by atoms with E-state index < -0.39 is 0 Å². The summed E-state index contributed by atoms with van der Waals surface area (Å²) in [5, 5.41) is 7.69. The van der Waals surface area contributed by atoms with Gasteiger partial charge in [0.2, 0.25) is 5.91 Å². The first kappa shape index (κ1) is 20.3. The minimum atomic E-state index is -0.237. The molecule has 2 N–H and O–H groups in total. The van der Waals surface area contributed by atoms with Gasteiger partial charge in [0.1, 0.15) is 0 Å². The molecule has 0 heterocycles. The molecule has 0 unspecified atom stereocenters. The van der Waals surface area contributed by atoms with Crippen molar-refractivity contribution in [2.75, 3.05) is 19.7 Å². The molecular formula is C23H30N2O3. The monoisotopic (exact) mass is 382 g/mol. The van der Waals surface area contributed by atoms with Crippen LogP contribution in [0, 0.1) is 5.92 Å². The van der Waals surface area contributed by atoms with E-state index in [0.29, 0.717) is 24.6 Å². The van der Waals surface area contributed by atoms with Gasteiger partial charge in [0.25, 0.3) is 5.91 Å². The fourth-order valence-electron chi connectivity index (χ4n) is 4.01. The first-order valence-electron chi connectivity index (χ1n) is 10.3. The van der Waals surface area contributed by atoms with Crippen molar-refractivity contribution in [1.29, 1.82) is 0 Å². The molecule has 2 aromatic carbocycles. The number of amides is 2. The lowest BCUT2D eigenvalue weighted by Gasteiger charge is -2.23. The third-order valence-electron chi connectivity index (χ3n) is 5.48. The Hall–Kier alpha value is -2.40. The second-order valence-electron chi connectivity index (χ2n) is 7.42. The lowest BCUT2D eigenvalue weighted by atomic mass is 9.98. The number of ether oxygens (including phenoxy) is 1. The van der Waals surface area contributed by atoms with Gasteiger partial charge < -0.3 is 15.4 Å². The molecule has 0 spiro atoms. The van der Waals surface area contributed by atoms with Crippen LogP contribution in [-0.2, 0) is 9.53 Å². The normalized spacial score (nSPS) is 15.5. The maximum atomic E-state index is 12.3. The maximum Gasteiger partial charge on any atom is 0.251 e. The highest BCUT2D eigenvalue weighted by molar-refractivity contribution is 5.99. The van der Waals surface area contributed by atoms with Crippen LogP contribution in [0.1, 0.15) is 49.4 Å². The molecule has 28 heavy (non-hydrogen) atoms. The van der Waals surface area contributed by atoms with Crippen molar-refractivity contribution in [3.63, 3.8) is 0 Å². The van der Waals surface area contributed by atoms with Gasteiger partial charge in [-0.2, -0.15) is 0 Å². The van der Waals surface area contributed by atoms with Crippen molar-refractivity contribution >= 4 is 22.6 Å². The molecule has 0 aromatic heterocycles. The number of rotatable bonds is 9. The molecule has 1 fully saturated rings. The number of carbonyl (C=O) groups excluding carboxylic acids is 2. The Morgan fingerprint density at radius 1 is 1.07 bits per heavy atom. The summed E-state index contributed by atoms with van der Waals surface area (Å²) in [7, 11) is 0. The van der Waals surface area contributed by atoms with Crippen LogP contribution in [0.4, 0.5) is 0 Å². The van der Waals surface area contributed by atoms with E-state index in [2.05, 4.69) is 10.6 Å². The molecule has 0 aliphatic heterocycles. The van der Waals surface area contributed by atoms with Gasteiger partial charge in [-0.05, 0) is 55.0 Å². The van der Waals surface area contributed by atoms with E-state index in [1.165, 1.54) is 25.7 Å². The van der Waals surface area contributed by atoms with Gasteiger partial charge in [0.05, 0.1) is 12.6 Å². The van der Waals surface area contributed by atoms with E-state index in [9.17, 15) is 9.59 Å². The smallest absolute Gasteiger partial charge is 0.251 e. The van der Waals surface area contributed by atoms with Crippen LogP contribution in [0.3, 0.4) is 0 Å². The van der Waals surface area contributed by atoms with Crippen LogP contribution in [0.15, 0.2) is 42.5 Å². The molecule has 0 radical (unpaired) electrons. The van der Waals surface area contributed by atoms with Gasteiger partial charge in [-0.15, -0.1) is 0 Å². The first-order valence-corrected chi connectivity index (χ1v) is 10.3. The fourth-order valence-corrected chi connectivity index (χ4v) is 4.01. The molecule has 1 aliphatic rings. The molecule has 1 aliphatic carbocycles. The first-order chi connectivity index (χ1) is 13.7. The Bertz CT molecular complexity index is 799. The predicted molar refractivity (Wildman–Crippen MR) is 111 cm³/mol. The quantitative estimate of drug-likeness (QED) is 0.695. The standard InChI is InChI=1S/C23H30N2O3/c1-2-28-21(18-8-4-5-9-18)13-14-24-22(26)16-25-23(27)20-12-11-17-7-3-6-10-19(17)15-20/h3,6-7,10-12,15,18,21H,2,4-5,8-9,13-14,16H2,1H3,(H,24,26)(H,25,27)/t21-/m1/s1. The summed E-state index contributed by atoms with van der Waals surface area (Å²) in [5.74, 6) is 0.208. The average molecular weight is 383 g/mol. The van der Waals surface area contributed by atoms with E-state index in [0.717, 1.165) is 17.2 Å². The van der Waals surface area contributed by atoms with Crippen molar-refractivity contribution in [3.05, 3.63) is 48.0 Å². The van der Waals surface area contributed by atoms with Crippen LogP contribution >= 0.6 is 0 Å². The Morgan fingerprint density at radius 2 is 1.82 bits per heavy atom. The van der Waals surface area contributed by atoms with Crippen LogP contribution in [0.25, 0.3) is 10.8 Å². The molecule has 1 saturated carbocycles. The van der Waals surface area contributed by atoms with Crippen LogP contribution in [-0.4, -0.2) is 37.6 Å². The Morgan fingerprint density at radius 3 is 2.57 bits per heavy atom. The third-order valence-corrected chi connectivity index (χ3v) is 5.48. The zero-order valence-electron chi connectivity index (χ0n) is 16.6. The Labute approximate surface area is 166 Å². The number of nitrogens with one attached hydrogen (secondary N) is 2. The Kier molecular flexibility index (Phi) is 7.43. The van der Waals surface area contributed by atoms with Crippen LogP contribution in [0.2, 0.25) is 0 Å². The van der Waals surface area contributed by atoms with E-state index in [-0.39, 0.29) is 24.5 Å². The third kappa shape index (κ3) is 5.55. The molecule has 1 atom stereocenters. The minimum Gasteiger partial charge on any atom is -0.378 e. The van der Waals surface area contributed by atoms with E-state index in [1.807, 2.05) is 43.3 Å². The van der Waals surface area contributed by atoms with E-state index >= 15 is 0 Å². The zero-order valence-corrected chi connectivity index (χ0v) is 16.6. The summed E-state index contributed by atoms with van der Waals surface area (Å²) in [5.41, 5.74) is 0.559. The molecule has 0 bridgehead atoms. The highest BCUT2D eigenvalue weighted by atomic mass is 16.5. The highest BCUT2D eigenvalue weighted by Gasteiger charge is 2.25. The van der Waals surface area contributed by atoms with Crippen molar-refractivity contribution < 1.29 is 14.3 Å². The predicted octanol–water partition coefficient (Wildman–Crippen LogP) is 3.67. The van der Waals surface area contributed by atoms with Crippen molar-refractivity contribution in [2.24, 2.45) is 5.92 Å². The summed E-state index contributed by atoms with van der Waals surface area (Å²) < 4.78 is 5.88. The Balaban J connectivity index is 1.42. The molecule has 2 amide bonds. The summed E-state index contributed by atoms with van der Waals surface area (Å²) in [6, 6.07) is 13.4. The maximum absolute atomic E-state index is 12.3. The summed E-state index contributed by atoms with van der Waals surface area (Å²) in [4.78, 5) is 24.4. The number of benzene rings is 2. The van der Waals surface area contributed by atoms with Crippen molar-refractivity contribution in [1.82, 2.24) is 10.6 Å². The minimum absolute atomic E-state index is 0.0195. The fraction of sp³-hybridized carbons (Fsp3) is 0.478. The molecule has 0 saturated heterocycles. The van der Waals surface area contributed by atoms with E-state index in [1.54, 1.807) is 6.07 Å².